The molecule has 0 saturated carbocycles. The lowest BCUT2D eigenvalue weighted by Gasteiger charge is -2.14. The Kier molecular flexibility index (Phi) is 4.09. The van der Waals surface area contributed by atoms with Gasteiger partial charge in [-0.2, -0.15) is 5.10 Å². The van der Waals surface area contributed by atoms with Crippen molar-refractivity contribution in [2.45, 2.75) is 25.8 Å². The maximum atomic E-state index is 4.47. The molecular formula is C12H20N6. The van der Waals surface area contributed by atoms with Crippen LogP contribution >= 0.6 is 0 Å². The molecule has 0 aromatic carbocycles. The highest BCUT2D eigenvalue weighted by atomic mass is 15.4. The van der Waals surface area contributed by atoms with E-state index in [1.807, 2.05) is 37.2 Å². The zero-order valence-corrected chi connectivity index (χ0v) is 11.2. The predicted octanol–water partition coefficient (Wildman–Crippen LogP) is 0.832. The van der Waals surface area contributed by atoms with Gasteiger partial charge in [-0.3, -0.25) is 9.36 Å². The van der Waals surface area contributed by atoms with Gasteiger partial charge in [0.15, 0.2) is 0 Å². The van der Waals surface area contributed by atoms with Crippen molar-refractivity contribution in [2.24, 2.45) is 14.1 Å². The van der Waals surface area contributed by atoms with Gasteiger partial charge in [0.25, 0.3) is 0 Å². The molecule has 1 atom stereocenters. The Hall–Kier alpha value is -1.69. The lowest BCUT2D eigenvalue weighted by Crippen LogP contribution is -2.24. The Bertz CT molecular complexity index is 486. The molecule has 2 aromatic rings. The molecule has 6 heteroatoms. The first-order chi connectivity index (χ1) is 8.69. The molecule has 0 fully saturated rings. The van der Waals surface area contributed by atoms with Crippen LogP contribution in [0.15, 0.2) is 18.5 Å². The van der Waals surface area contributed by atoms with Crippen LogP contribution in [0.3, 0.4) is 0 Å². The second-order valence-corrected chi connectivity index (χ2v) is 4.51. The van der Waals surface area contributed by atoms with Crippen molar-refractivity contribution in [3.63, 3.8) is 0 Å². The first-order valence-corrected chi connectivity index (χ1v) is 6.27. The lowest BCUT2D eigenvalue weighted by molar-refractivity contribution is 0.506. The second-order valence-electron chi connectivity index (χ2n) is 4.51. The number of aromatic nitrogens is 5. The standard InChI is InChI=1S/C12H20N6/c1-4-6-13-12(11-5-7-17(2)15-11)8-10-9-18(3)16-14-10/h5,7,9,12-13H,4,6,8H2,1-3H3. The molecule has 0 aliphatic rings. The number of nitrogens with zero attached hydrogens (tertiary/aromatic N) is 5. The van der Waals surface area contributed by atoms with Gasteiger partial charge >= 0.3 is 0 Å². The fourth-order valence-electron chi connectivity index (χ4n) is 1.92. The van der Waals surface area contributed by atoms with Gasteiger partial charge in [-0.15, -0.1) is 5.10 Å². The number of hydrogen-bond acceptors (Lipinski definition) is 4. The molecule has 2 aromatic heterocycles. The highest BCUT2D eigenvalue weighted by Crippen LogP contribution is 2.15. The van der Waals surface area contributed by atoms with E-state index in [0.717, 1.165) is 30.8 Å². The summed E-state index contributed by atoms with van der Waals surface area (Å²) in [6.07, 6.45) is 5.82. The summed E-state index contributed by atoms with van der Waals surface area (Å²) in [7, 11) is 3.81. The summed E-state index contributed by atoms with van der Waals surface area (Å²) < 4.78 is 3.55. The number of aryl methyl sites for hydroxylation is 2. The summed E-state index contributed by atoms with van der Waals surface area (Å²) in [6.45, 7) is 3.13. The third-order valence-electron chi connectivity index (χ3n) is 2.80. The molecule has 1 unspecified atom stereocenters. The van der Waals surface area contributed by atoms with Crippen LogP contribution in [0.5, 0.6) is 0 Å². The van der Waals surface area contributed by atoms with Crippen molar-refractivity contribution in [3.05, 3.63) is 29.8 Å². The van der Waals surface area contributed by atoms with E-state index in [1.54, 1.807) is 4.68 Å². The van der Waals surface area contributed by atoms with Gasteiger partial charge in [-0.25, -0.2) is 0 Å². The van der Waals surface area contributed by atoms with Gasteiger partial charge in [0.05, 0.1) is 17.4 Å². The minimum atomic E-state index is 0.197. The third-order valence-corrected chi connectivity index (χ3v) is 2.80. The minimum Gasteiger partial charge on any atom is -0.308 e. The summed E-state index contributed by atoms with van der Waals surface area (Å²) in [5, 5.41) is 16.1. The second kappa shape index (κ2) is 5.77. The van der Waals surface area contributed by atoms with Crippen LogP contribution < -0.4 is 5.32 Å². The van der Waals surface area contributed by atoms with Crippen molar-refractivity contribution < 1.29 is 0 Å². The molecule has 0 saturated heterocycles. The number of hydrogen-bond donors (Lipinski definition) is 1. The smallest absolute Gasteiger partial charge is 0.0846 e. The van der Waals surface area contributed by atoms with Crippen LogP contribution in [0.1, 0.15) is 30.8 Å². The van der Waals surface area contributed by atoms with Gasteiger partial charge in [0.2, 0.25) is 0 Å². The molecule has 0 spiro atoms. The van der Waals surface area contributed by atoms with E-state index < -0.39 is 0 Å². The van der Waals surface area contributed by atoms with Crippen molar-refractivity contribution >= 4 is 0 Å². The molecule has 98 valence electrons. The van der Waals surface area contributed by atoms with Crippen molar-refractivity contribution in [1.29, 1.82) is 0 Å². The number of rotatable bonds is 6. The van der Waals surface area contributed by atoms with Crippen LogP contribution in [-0.2, 0) is 20.5 Å². The average Bonchev–Trinajstić information content (AvgIpc) is 2.93. The lowest BCUT2D eigenvalue weighted by atomic mass is 10.1. The average molecular weight is 248 g/mol. The number of nitrogens with one attached hydrogen (secondary N) is 1. The zero-order valence-electron chi connectivity index (χ0n) is 11.2. The molecule has 6 nitrogen and oxygen atoms in total. The molecule has 0 amide bonds. The van der Waals surface area contributed by atoms with Gasteiger partial charge in [0.1, 0.15) is 0 Å². The molecule has 0 bridgehead atoms. The van der Waals surface area contributed by atoms with Crippen LogP contribution in [0.2, 0.25) is 0 Å². The summed E-state index contributed by atoms with van der Waals surface area (Å²) in [4.78, 5) is 0. The molecule has 0 aliphatic carbocycles. The Morgan fingerprint density at radius 1 is 1.33 bits per heavy atom. The van der Waals surface area contributed by atoms with Gasteiger partial charge < -0.3 is 5.32 Å². The molecule has 18 heavy (non-hydrogen) atoms. The SMILES string of the molecule is CCCNC(Cc1cn(C)nn1)c1ccn(C)n1. The third kappa shape index (κ3) is 3.16. The van der Waals surface area contributed by atoms with Gasteiger partial charge in [-0.05, 0) is 19.0 Å². The molecule has 2 heterocycles. The monoisotopic (exact) mass is 248 g/mol. The molecular weight excluding hydrogens is 228 g/mol. The van der Waals surface area contributed by atoms with Crippen molar-refractivity contribution in [1.82, 2.24) is 30.1 Å². The maximum Gasteiger partial charge on any atom is 0.0846 e. The summed E-state index contributed by atoms with van der Waals surface area (Å²) >= 11 is 0. The quantitative estimate of drug-likeness (QED) is 0.822. The predicted molar refractivity (Wildman–Crippen MR) is 68.9 cm³/mol. The van der Waals surface area contributed by atoms with Crippen molar-refractivity contribution in [3.8, 4) is 0 Å². The molecule has 1 N–H and O–H groups in total. The van der Waals surface area contributed by atoms with Crippen LogP contribution in [0, 0.1) is 0 Å². The van der Waals surface area contributed by atoms with E-state index in [9.17, 15) is 0 Å². The first kappa shape index (κ1) is 12.8. The van der Waals surface area contributed by atoms with E-state index in [1.165, 1.54) is 0 Å². The zero-order chi connectivity index (χ0) is 13.0. The fourth-order valence-corrected chi connectivity index (χ4v) is 1.92. The minimum absolute atomic E-state index is 0.197. The highest BCUT2D eigenvalue weighted by Gasteiger charge is 2.15. The van der Waals surface area contributed by atoms with Crippen LogP contribution in [-0.4, -0.2) is 31.3 Å². The van der Waals surface area contributed by atoms with Crippen molar-refractivity contribution in [2.75, 3.05) is 6.54 Å². The van der Waals surface area contributed by atoms with Crippen LogP contribution in [0.4, 0.5) is 0 Å². The van der Waals surface area contributed by atoms with E-state index in [4.69, 9.17) is 0 Å². The highest BCUT2D eigenvalue weighted by molar-refractivity contribution is 5.09. The maximum absolute atomic E-state index is 4.47. The Labute approximate surface area is 107 Å². The Morgan fingerprint density at radius 2 is 2.17 bits per heavy atom. The van der Waals surface area contributed by atoms with Gasteiger partial charge in [-0.1, -0.05) is 12.1 Å². The van der Waals surface area contributed by atoms with Crippen LogP contribution in [0.25, 0.3) is 0 Å². The van der Waals surface area contributed by atoms with E-state index in [0.29, 0.717) is 0 Å². The molecule has 0 aliphatic heterocycles. The van der Waals surface area contributed by atoms with E-state index >= 15 is 0 Å². The van der Waals surface area contributed by atoms with Gasteiger partial charge in [0, 0.05) is 32.9 Å². The van der Waals surface area contributed by atoms with E-state index in [2.05, 4.69) is 27.7 Å². The molecule has 0 radical (unpaired) electrons. The fraction of sp³-hybridized carbons (Fsp3) is 0.583. The normalized spacial score (nSPS) is 12.8. The largest absolute Gasteiger partial charge is 0.308 e. The molecule has 2 rings (SSSR count). The Morgan fingerprint density at radius 3 is 2.72 bits per heavy atom. The van der Waals surface area contributed by atoms with E-state index in [-0.39, 0.29) is 6.04 Å². The Balaban J connectivity index is 2.09. The summed E-state index contributed by atoms with van der Waals surface area (Å²) in [5.41, 5.74) is 2.04. The first-order valence-electron chi connectivity index (χ1n) is 6.27. The summed E-state index contributed by atoms with van der Waals surface area (Å²) in [6, 6.07) is 2.24. The summed E-state index contributed by atoms with van der Waals surface area (Å²) in [5.74, 6) is 0. The topological polar surface area (TPSA) is 60.6 Å².